The summed E-state index contributed by atoms with van der Waals surface area (Å²) < 4.78 is 39.5. The molecule has 1 aliphatic rings. The van der Waals surface area contributed by atoms with Gasteiger partial charge in [-0.25, -0.2) is 17.1 Å². The molecule has 6 nitrogen and oxygen atoms in total. The Bertz CT molecular complexity index is 936. The lowest BCUT2D eigenvalue weighted by molar-refractivity contribution is -0.133. The second-order valence-electron chi connectivity index (χ2n) is 7.62. The van der Waals surface area contributed by atoms with Gasteiger partial charge >= 0.3 is 0 Å². The van der Waals surface area contributed by atoms with E-state index in [1.807, 2.05) is 17.0 Å². The zero-order valence-corrected chi connectivity index (χ0v) is 18.0. The van der Waals surface area contributed by atoms with Crippen molar-refractivity contribution in [1.29, 1.82) is 0 Å². The van der Waals surface area contributed by atoms with Gasteiger partial charge in [-0.3, -0.25) is 9.78 Å². The first-order valence-electron chi connectivity index (χ1n) is 10.3. The van der Waals surface area contributed by atoms with Crippen LogP contribution in [0.25, 0.3) is 0 Å². The van der Waals surface area contributed by atoms with Crippen LogP contribution in [0.4, 0.5) is 4.39 Å². The first kappa shape index (κ1) is 22.4. The van der Waals surface area contributed by atoms with E-state index in [1.165, 1.54) is 23.5 Å². The van der Waals surface area contributed by atoms with Gasteiger partial charge in [-0.1, -0.05) is 12.8 Å². The molecule has 0 aliphatic carbocycles. The van der Waals surface area contributed by atoms with Crippen molar-refractivity contribution in [1.82, 2.24) is 14.2 Å². The van der Waals surface area contributed by atoms with Crippen molar-refractivity contribution in [2.45, 2.75) is 49.5 Å². The lowest BCUT2D eigenvalue weighted by Gasteiger charge is -2.30. The Morgan fingerprint density at radius 3 is 2.53 bits per heavy atom. The standard InChI is InChI=1S/C22H28FN3O3S/c1-25(30(28,29)20-10-8-19(23)9-11-20)16-5-7-22(27)26-17-4-2-3-6-21(26)18-12-14-24-15-13-18/h8-15,21H,2-7,16-17H2,1H3/t21-/m0/s1. The molecule has 1 aromatic heterocycles. The number of hydrogen-bond acceptors (Lipinski definition) is 4. The molecule has 1 fully saturated rings. The molecular formula is C22H28FN3O3S. The number of carbonyl (C=O) groups is 1. The van der Waals surface area contributed by atoms with Crippen LogP contribution in [0, 0.1) is 5.82 Å². The molecule has 1 aliphatic heterocycles. The highest BCUT2D eigenvalue weighted by Crippen LogP contribution is 2.30. The van der Waals surface area contributed by atoms with Gasteiger partial charge in [0.15, 0.2) is 0 Å². The summed E-state index contributed by atoms with van der Waals surface area (Å²) in [5.41, 5.74) is 1.09. The van der Waals surface area contributed by atoms with Gasteiger partial charge in [0.25, 0.3) is 0 Å². The number of likely N-dealkylation sites (tertiary alicyclic amines) is 1. The van der Waals surface area contributed by atoms with Crippen LogP contribution in [0.1, 0.15) is 50.1 Å². The average molecular weight is 434 g/mol. The number of pyridine rings is 1. The summed E-state index contributed by atoms with van der Waals surface area (Å²) in [4.78, 5) is 19.0. The molecule has 162 valence electrons. The predicted molar refractivity (Wildman–Crippen MR) is 113 cm³/mol. The third-order valence-electron chi connectivity index (χ3n) is 5.55. The summed E-state index contributed by atoms with van der Waals surface area (Å²) in [6, 6.07) is 8.72. The van der Waals surface area contributed by atoms with Crippen LogP contribution in [-0.2, 0) is 14.8 Å². The number of halogens is 1. The predicted octanol–water partition coefficient (Wildman–Crippen LogP) is 3.77. The summed E-state index contributed by atoms with van der Waals surface area (Å²) in [5.74, 6) is -0.435. The second-order valence-corrected chi connectivity index (χ2v) is 9.66. The van der Waals surface area contributed by atoms with Crippen molar-refractivity contribution in [3.05, 3.63) is 60.2 Å². The van der Waals surface area contributed by atoms with Gasteiger partial charge in [0.05, 0.1) is 10.9 Å². The van der Waals surface area contributed by atoms with E-state index < -0.39 is 15.8 Å². The molecule has 0 bridgehead atoms. The number of sulfonamides is 1. The van der Waals surface area contributed by atoms with Gasteiger partial charge in [-0.15, -0.1) is 0 Å². The molecular weight excluding hydrogens is 405 g/mol. The number of amides is 1. The van der Waals surface area contributed by atoms with Gasteiger partial charge in [0.1, 0.15) is 5.82 Å². The molecule has 0 N–H and O–H groups in total. The molecule has 1 saturated heterocycles. The number of rotatable bonds is 7. The maximum Gasteiger partial charge on any atom is 0.242 e. The van der Waals surface area contributed by atoms with Crippen LogP contribution in [0.5, 0.6) is 0 Å². The van der Waals surface area contributed by atoms with Crippen LogP contribution >= 0.6 is 0 Å². The second kappa shape index (κ2) is 10.1. The summed E-state index contributed by atoms with van der Waals surface area (Å²) in [6.45, 7) is 0.939. The first-order valence-corrected chi connectivity index (χ1v) is 11.7. The molecule has 2 heterocycles. The highest BCUT2D eigenvalue weighted by Gasteiger charge is 2.27. The third kappa shape index (κ3) is 5.43. The van der Waals surface area contributed by atoms with Crippen molar-refractivity contribution in [3.8, 4) is 0 Å². The molecule has 1 amide bonds. The largest absolute Gasteiger partial charge is 0.336 e. The summed E-state index contributed by atoms with van der Waals surface area (Å²) >= 11 is 0. The fraction of sp³-hybridized carbons (Fsp3) is 0.455. The van der Waals surface area contributed by atoms with Crippen molar-refractivity contribution in [2.75, 3.05) is 20.1 Å². The number of hydrogen-bond donors (Lipinski definition) is 0. The third-order valence-corrected chi connectivity index (χ3v) is 7.42. The van der Waals surface area contributed by atoms with E-state index in [4.69, 9.17) is 0 Å². The zero-order chi connectivity index (χ0) is 21.6. The Hall–Kier alpha value is -2.32. The quantitative estimate of drug-likeness (QED) is 0.667. The molecule has 0 spiro atoms. The van der Waals surface area contributed by atoms with Gasteiger partial charge in [-0.05, 0) is 61.2 Å². The smallest absolute Gasteiger partial charge is 0.242 e. The lowest BCUT2D eigenvalue weighted by atomic mass is 10.0. The molecule has 8 heteroatoms. The van der Waals surface area contributed by atoms with E-state index in [2.05, 4.69) is 4.98 Å². The Morgan fingerprint density at radius 1 is 1.13 bits per heavy atom. The van der Waals surface area contributed by atoms with Crippen molar-refractivity contribution in [2.24, 2.45) is 0 Å². The van der Waals surface area contributed by atoms with Crippen LogP contribution in [-0.4, -0.2) is 48.7 Å². The molecule has 2 aromatic rings. The van der Waals surface area contributed by atoms with Gasteiger partial charge < -0.3 is 4.90 Å². The van der Waals surface area contributed by atoms with Crippen LogP contribution in [0.2, 0.25) is 0 Å². The van der Waals surface area contributed by atoms with Gasteiger partial charge in [0.2, 0.25) is 15.9 Å². The first-order chi connectivity index (χ1) is 14.4. The van der Waals surface area contributed by atoms with Crippen LogP contribution in [0.15, 0.2) is 53.7 Å². The maximum absolute atomic E-state index is 13.1. The number of carbonyl (C=O) groups excluding carboxylic acids is 1. The molecule has 1 atom stereocenters. The van der Waals surface area contributed by atoms with E-state index in [1.54, 1.807) is 12.4 Å². The fourth-order valence-electron chi connectivity index (χ4n) is 3.84. The van der Waals surface area contributed by atoms with E-state index in [0.29, 0.717) is 6.42 Å². The minimum Gasteiger partial charge on any atom is -0.336 e. The average Bonchev–Trinajstić information content (AvgIpc) is 3.00. The molecule has 0 unspecified atom stereocenters. The molecule has 0 radical (unpaired) electrons. The Labute approximate surface area is 177 Å². The minimum atomic E-state index is -3.70. The molecule has 0 saturated carbocycles. The van der Waals surface area contributed by atoms with Gasteiger partial charge in [0, 0.05) is 39.0 Å². The topological polar surface area (TPSA) is 70.6 Å². The van der Waals surface area contributed by atoms with Crippen molar-refractivity contribution >= 4 is 15.9 Å². The summed E-state index contributed by atoms with van der Waals surface area (Å²) in [6.07, 6.45) is 8.29. The summed E-state index contributed by atoms with van der Waals surface area (Å²) in [7, 11) is -2.22. The molecule has 30 heavy (non-hydrogen) atoms. The van der Waals surface area contributed by atoms with Crippen molar-refractivity contribution in [3.63, 3.8) is 0 Å². The maximum atomic E-state index is 13.1. The van der Waals surface area contributed by atoms with Gasteiger partial charge in [-0.2, -0.15) is 0 Å². The number of nitrogens with zero attached hydrogens (tertiary/aromatic N) is 3. The highest BCUT2D eigenvalue weighted by atomic mass is 32.2. The lowest BCUT2D eigenvalue weighted by Crippen LogP contribution is -2.35. The van der Waals surface area contributed by atoms with Crippen molar-refractivity contribution < 1.29 is 17.6 Å². The fourth-order valence-corrected chi connectivity index (χ4v) is 5.05. The minimum absolute atomic E-state index is 0.0444. The van der Waals surface area contributed by atoms with E-state index >= 15 is 0 Å². The zero-order valence-electron chi connectivity index (χ0n) is 17.2. The number of aromatic nitrogens is 1. The van der Waals surface area contributed by atoms with E-state index in [-0.39, 0.29) is 29.8 Å². The Morgan fingerprint density at radius 2 is 1.83 bits per heavy atom. The molecule has 1 aromatic carbocycles. The Balaban J connectivity index is 1.60. The van der Waals surface area contributed by atoms with E-state index in [9.17, 15) is 17.6 Å². The van der Waals surface area contributed by atoms with Crippen LogP contribution in [0.3, 0.4) is 0 Å². The van der Waals surface area contributed by atoms with Crippen LogP contribution < -0.4 is 0 Å². The normalized spacial score (nSPS) is 17.7. The Kier molecular flexibility index (Phi) is 7.55. The number of benzene rings is 1. The SMILES string of the molecule is CN(CCCC(=O)N1CCCCC[C@H]1c1ccncc1)S(=O)(=O)c1ccc(F)cc1. The summed E-state index contributed by atoms with van der Waals surface area (Å²) in [5, 5.41) is 0. The van der Waals surface area contributed by atoms with E-state index in [0.717, 1.165) is 49.9 Å². The highest BCUT2D eigenvalue weighted by molar-refractivity contribution is 7.89. The molecule has 3 rings (SSSR count). The monoisotopic (exact) mass is 433 g/mol.